The van der Waals surface area contributed by atoms with Gasteiger partial charge in [-0.15, -0.1) is 11.3 Å². The SMILES string of the molecule is CC(C)(C)OC(=O)N1CCNCC1C(=O)C1CCc2cscc2OC1. The van der Waals surface area contributed by atoms with E-state index < -0.39 is 17.7 Å². The van der Waals surface area contributed by atoms with Crippen LogP contribution in [0, 0.1) is 5.92 Å². The van der Waals surface area contributed by atoms with Crippen LogP contribution in [-0.4, -0.2) is 54.7 Å². The van der Waals surface area contributed by atoms with Crippen molar-refractivity contribution in [2.75, 3.05) is 26.2 Å². The minimum absolute atomic E-state index is 0.0619. The summed E-state index contributed by atoms with van der Waals surface area (Å²) in [6.45, 7) is 7.49. The van der Waals surface area contributed by atoms with Crippen LogP contribution in [-0.2, 0) is 16.0 Å². The number of rotatable bonds is 2. The molecular formula is C18H26N2O4S. The van der Waals surface area contributed by atoms with Gasteiger partial charge in [-0.2, -0.15) is 0 Å². The number of amides is 1. The summed E-state index contributed by atoms with van der Waals surface area (Å²) in [5.74, 6) is 0.755. The van der Waals surface area contributed by atoms with Gasteiger partial charge in [-0.1, -0.05) is 0 Å². The monoisotopic (exact) mass is 366 g/mol. The predicted octanol–water partition coefficient (Wildman–Crippen LogP) is 2.47. The molecule has 0 aromatic carbocycles. The number of nitrogens with zero attached hydrogens (tertiary/aromatic N) is 1. The second-order valence-electron chi connectivity index (χ2n) is 7.60. The van der Waals surface area contributed by atoms with E-state index in [0.29, 0.717) is 26.2 Å². The number of ether oxygens (including phenoxy) is 2. The van der Waals surface area contributed by atoms with Crippen molar-refractivity contribution < 1.29 is 19.1 Å². The van der Waals surface area contributed by atoms with Crippen molar-refractivity contribution in [3.05, 3.63) is 16.3 Å². The lowest BCUT2D eigenvalue weighted by Gasteiger charge is -2.37. The predicted molar refractivity (Wildman–Crippen MR) is 96.2 cm³/mol. The minimum atomic E-state index is -0.574. The fourth-order valence-corrected chi connectivity index (χ4v) is 4.03. The van der Waals surface area contributed by atoms with E-state index in [1.165, 1.54) is 5.56 Å². The van der Waals surface area contributed by atoms with Crippen molar-refractivity contribution in [3.8, 4) is 5.75 Å². The van der Waals surface area contributed by atoms with Gasteiger partial charge in [0.1, 0.15) is 17.4 Å². The molecule has 1 fully saturated rings. The Hall–Kier alpha value is -1.60. The van der Waals surface area contributed by atoms with Crippen molar-refractivity contribution in [3.63, 3.8) is 0 Å². The molecule has 2 atom stereocenters. The van der Waals surface area contributed by atoms with Gasteiger partial charge >= 0.3 is 6.09 Å². The van der Waals surface area contributed by atoms with Crippen LogP contribution in [0.1, 0.15) is 32.8 Å². The molecule has 3 heterocycles. The van der Waals surface area contributed by atoms with Gasteiger partial charge in [0.2, 0.25) is 0 Å². The average molecular weight is 366 g/mol. The van der Waals surface area contributed by atoms with Crippen LogP contribution in [0.3, 0.4) is 0 Å². The van der Waals surface area contributed by atoms with Crippen molar-refractivity contribution >= 4 is 23.2 Å². The summed E-state index contributed by atoms with van der Waals surface area (Å²) in [5.41, 5.74) is 0.598. The average Bonchev–Trinajstić information content (AvgIpc) is 2.91. The van der Waals surface area contributed by atoms with E-state index in [0.717, 1.165) is 18.6 Å². The van der Waals surface area contributed by atoms with E-state index in [9.17, 15) is 9.59 Å². The van der Waals surface area contributed by atoms with E-state index in [4.69, 9.17) is 9.47 Å². The first kappa shape index (κ1) is 18.2. The number of thiophene rings is 1. The van der Waals surface area contributed by atoms with E-state index in [2.05, 4.69) is 10.7 Å². The Bertz CT molecular complexity index is 615. The molecule has 1 aromatic heterocycles. The standard InChI is InChI=1S/C18H26N2O4S/c1-18(2,3)24-17(22)20-7-6-19-8-14(20)16(21)12-4-5-13-10-25-11-15(13)23-9-12/h10-12,14,19H,4-9H2,1-3H3. The largest absolute Gasteiger partial charge is 0.492 e. The Labute approximate surface area is 152 Å². The summed E-state index contributed by atoms with van der Waals surface area (Å²) in [6.07, 6.45) is 1.17. The van der Waals surface area contributed by atoms with Gasteiger partial charge < -0.3 is 14.8 Å². The lowest BCUT2D eigenvalue weighted by atomic mass is 9.92. The molecule has 1 amide bonds. The Morgan fingerprint density at radius 3 is 2.92 bits per heavy atom. The molecule has 0 saturated carbocycles. The van der Waals surface area contributed by atoms with Gasteiger partial charge in [-0.3, -0.25) is 9.69 Å². The van der Waals surface area contributed by atoms with Crippen LogP contribution in [0.4, 0.5) is 4.79 Å². The van der Waals surface area contributed by atoms with Crippen LogP contribution in [0.25, 0.3) is 0 Å². The first-order chi connectivity index (χ1) is 11.8. The van der Waals surface area contributed by atoms with Crippen LogP contribution in [0.2, 0.25) is 0 Å². The first-order valence-electron chi connectivity index (χ1n) is 8.77. The molecule has 0 spiro atoms. The number of fused-ring (bicyclic) bond motifs is 1. The Balaban J connectivity index is 1.68. The molecule has 25 heavy (non-hydrogen) atoms. The molecule has 6 nitrogen and oxygen atoms in total. The van der Waals surface area contributed by atoms with E-state index in [1.807, 2.05) is 26.2 Å². The highest BCUT2D eigenvalue weighted by molar-refractivity contribution is 7.08. The van der Waals surface area contributed by atoms with Crippen LogP contribution in [0.5, 0.6) is 5.75 Å². The summed E-state index contributed by atoms with van der Waals surface area (Å²) in [6, 6.07) is -0.493. The number of aryl methyl sites for hydroxylation is 1. The second kappa shape index (κ2) is 7.33. The third kappa shape index (κ3) is 4.33. The third-order valence-corrected chi connectivity index (χ3v) is 5.28. The molecule has 1 N–H and O–H groups in total. The molecule has 138 valence electrons. The van der Waals surface area contributed by atoms with Crippen molar-refractivity contribution in [2.45, 2.75) is 45.3 Å². The fraction of sp³-hybridized carbons (Fsp3) is 0.667. The number of piperazine rings is 1. The highest BCUT2D eigenvalue weighted by Crippen LogP contribution is 2.30. The number of carbonyl (C=O) groups excluding carboxylic acids is 2. The summed E-state index contributed by atoms with van der Waals surface area (Å²) >= 11 is 1.62. The van der Waals surface area contributed by atoms with E-state index in [-0.39, 0.29) is 11.7 Å². The number of hydrogen-bond acceptors (Lipinski definition) is 6. The summed E-state index contributed by atoms with van der Waals surface area (Å²) in [4.78, 5) is 27.2. The number of hydrogen-bond donors (Lipinski definition) is 1. The van der Waals surface area contributed by atoms with Gasteiger partial charge in [0.15, 0.2) is 5.78 Å². The smallest absolute Gasteiger partial charge is 0.410 e. The molecule has 0 aliphatic carbocycles. The lowest BCUT2D eigenvalue weighted by Crippen LogP contribution is -2.59. The zero-order chi connectivity index (χ0) is 18.0. The maximum Gasteiger partial charge on any atom is 0.410 e. The first-order valence-corrected chi connectivity index (χ1v) is 9.71. The molecule has 1 aromatic rings. The molecule has 0 bridgehead atoms. The topological polar surface area (TPSA) is 67.9 Å². The molecular weight excluding hydrogens is 340 g/mol. The summed E-state index contributed by atoms with van der Waals surface area (Å²) in [5, 5.41) is 7.29. The summed E-state index contributed by atoms with van der Waals surface area (Å²) < 4.78 is 11.3. The fourth-order valence-electron chi connectivity index (χ4n) is 3.22. The molecule has 3 rings (SSSR count). The molecule has 0 radical (unpaired) electrons. The number of ketones is 1. The minimum Gasteiger partial charge on any atom is -0.492 e. The van der Waals surface area contributed by atoms with Crippen molar-refractivity contribution in [2.24, 2.45) is 5.92 Å². The van der Waals surface area contributed by atoms with E-state index in [1.54, 1.807) is 16.2 Å². The zero-order valence-electron chi connectivity index (χ0n) is 15.0. The Morgan fingerprint density at radius 2 is 2.16 bits per heavy atom. The molecule has 2 aliphatic rings. The summed E-state index contributed by atoms with van der Waals surface area (Å²) in [7, 11) is 0. The lowest BCUT2D eigenvalue weighted by molar-refractivity contribution is -0.129. The maximum atomic E-state index is 13.1. The Kier molecular flexibility index (Phi) is 5.34. The van der Waals surface area contributed by atoms with Crippen LogP contribution >= 0.6 is 11.3 Å². The molecule has 1 saturated heterocycles. The highest BCUT2D eigenvalue weighted by atomic mass is 32.1. The number of Topliss-reactive ketones (excluding diaryl/α,β-unsaturated/α-hetero) is 1. The normalized spacial score (nSPS) is 24.0. The Morgan fingerprint density at radius 1 is 1.36 bits per heavy atom. The van der Waals surface area contributed by atoms with Crippen LogP contribution < -0.4 is 10.1 Å². The number of nitrogens with one attached hydrogen (secondary N) is 1. The zero-order valence-corrected chi connectivity index (χ0v) is 15.9. The van der Waals surface area contributed by atoms with Gasteiger partial charge in [0, 0.05) is 30.6 Å². The molecule has 2 aliphatic heterocycles. The number of carbonyl (C=O) groups is 2. The van der Waals surface area contributed by atoms with Gasteiger partial charge in [0.25, 0.3) is 0 Å². The van der Waals surface area contributed by atoms with Gasteiger partial charge in [-0.25, -0.2) is 4.79 Å². The van der Waals surface area contributed by atoms with Gasteiger partial charge in [0.05, 0.1) is 12.5 Å². The quantitative estimate of drug-likeness (QED) is 0.871. The van der Waals surface area contributed by atoms with E-state index >= 15 is 0 Å². The van der Waals surface area contributed by atoms with Crippen molar-refractivity contribution in [1.82, 2.24) is 10.2 Å². The maximum absolute atomic E-state index is 13.1. The van der Waals surface area contributed by atoms with Crippen molar-refractivity contribution in [1.29, 1.82) is 0 Å². The van der Waals surface area contributed by atoms with Crippen LogP contribution in [0.15, 0.2) is 10.8 Å². The second-order valence-corrected chi connectivity index (χ2v) is 8.35. The third-order valence-electron chi connectivity index (χ3n) is 4.51. The highest BCUT2D eigenvalue weighted by Gasteiger charge is 2.38. The molecule has 2 unspecified atom stereocenters. The molecule has 7 heteroatoms. The van der Waals surface area contributed by atoms with Gasteiger partial charge in [-0.05, 0) is 39.0 Å².